The molecular formula is C9H18N2O. The van der Waals surface area contributed by atoms with Gasteiger partial charge in [-0.15, -0.1) is 0 Å². The Hall–Kier alpha value is -0.990. The van der Waals surface area contributed by atoms with Crippen molar-refractivity contribution >= 4 is 17.5 Å². The van der Waals surface area contributed by atoms with E-state index in [9.17, 15) is 4.79 Å². The summed E-state index contributed by atoms with van der Waals surface area (Å²) in [5, 5.41) is 0. The Bertz CT molecular complexity index is 173. The lowest BCUT2D eigenvalue weighted by Crippen LogP contribution is -1.98. The van der Waals surface area contributed by atoms with E-state index in [1.807, 2.05) is 27.7 Å². The number of carbonyl (C=O) groups excluding carboxylic acids is 1. The van der Waals surface area contributed by atoms with Crippen molar-refractivity contribution in [1.82, 2.24) is 0 Å². The number of aliphatic imine (C=N–C) groups is 2. The first kappa shape index (κ1) is 13.6. The number of hydrogen-bond acceptors (Lipinski definition) is 1. The fraction of sp³-hybridized carbons (Fsp3) is 0.667. The fourth-order valence-electron chi connectivity index (χ4n) is 0.474. The first-order chi connectivity index (χ1) is 5.70. The molecule has 12 heavy (non-hydrogen) atoms. The fourth-order valence-corrected chi connectivity index (χ4v) is 0.474. The van der Waals surface area contributed by atoms with Crippen LogP contribution in [0, 0.1) is 0 Å². The van der Waals surface area contributed by atoms with Gasteiger partial charge in [-0.3, -0.25) is 0 Å². The third-order valence-electron chi connectivity index (χ3n) is 1.05. The van der Waals surface area contributed by atoms with E-state index in [0.29, 0.717) is 0 Å². The van der Waals surface area contributed by atoms with Gasteiger partial charge in [0.2, 0.25) is 0 Å². The maximum atomic E-state index is 10.3. The van der Waals surface area contributed by atoms with Crippen molar-refractivity contribution < 1.29 is 4.79 Å². The van der Waals surface area contributed by atoms with E-state index in [1.54, 1.807) is 13.8 Å². The Morgan fingerprint density at radius 2 is 1.08 bits per heavy atom. The Morgan fingerprint density at radius 3 is 1.17 bits per heavy atom. The Labute approximate surface area is 74.6 Å². The first-order valence-electron chi connectivity index (χ1n) is 4.35. The van der Waals surface area contributed by atoms with Crippen molar-refractivity contribution in [2.45, 2.75) is 41.5 Å². The van der Waals surface area contributed by atoms with Crippen molar-refractivity contribution in [1.29, 1.82) is 0 Å². The van der Waals surface area contributed by atoms with Crippen LogP contribution in [-0.4, -0.2) is 17.5 Å². The van der Waals surface area contributed by atoms with Crippen LogP contribution in [0.25, 0.3) is 0 Å². The van der Waals surface area contributed by atoms with Crippen LogP contribution >= 0.6 is 0 Å². The van der Waals surface area contributed by atoms with Crippen molar-refractivity contribution in [3.8, 4) is 0 Å². The molecule has 0 atom stereocenters. The van der Waals surface area contributed by atoms with Gasteiger partial charge < -0.3 is 0 Å². The van der Waals surface area contributed by atoms with Crippen molar-refractivity contribution in [2.24, 2.45) is 9.98 Å². The molecular weight excluding hydrogens is 152 g/mol. The van der Waals surface area contributed by atoms with Crippen LogP contribution in [0.3, 0.4) is 0 Å². The Balaban J connectivity index is 0. The normalized spacial score (nSPS) is 13.3. The summed E-state index contributed by atoms with van der Waals surface area (Å²) in [7, 11) is 0. The van der Waals surface area contributed by atoms with Crippen LogP contribution in [0.5, 0.6) is 0 Å². The van der Waals surface area contributed by atoms with Crippen LogP contribution < -0.4 is 0 Å². The van der Waals surface area contributed by atoms with E-state index < -0.39 is 0 Å². The summed E-state index contributed by atoms with van der Waals surface area (Å²) in [5.41, 5.74) is 1.46. The minimum absolute atomic E-state index is 0.375. The summed E-state index contributed by atoms with van der Waals surface area (Å²) >= 11 is 0. The third-order valence-corrected chi connectivity index (χ3v) is 1.05. The summed E-state index contributed by atoms with van der Waals surface area (Å²) in [4.78, 5) is 17.4. The molecule has 1 heterocycles. The molecule has 0 aromatic rings. The lowest BCUT2D eigenvalue weighted by molar-refractivity contribution is 0.257. The molecule has 1 aliphatic rings. The quantitative estimate of drug-likeness (QED) is 0.550. The van der Waals surface area contributed by atoms with Crippen LogP contribution in [0.4, 0.5) is 4.79 Å². The maximum absolute atomic E-state index is 10.3. The van der Waals surface area contributed by atoms with Crippen LogP contribution in [-0.2, 0) is 0 Å². The third kappa shape index (κ3) is 4.77. The number of nitrogens with zero attached hydrogens (tertiary/aromatic N) is 2. The van der Waals surface area contributed by atoms with Crippen LogP contribution in [0.2, 0.25) is 0 Å². The highest BCUT2D eigenvalue weighted by Crippen LogP contribution is 1.97. The predicted molar refractivity (Wildman–Crippen MR) is 54.3 cm³/mol. The van der Waals surface area contributed by atoms with E-state index in [2.05, 4.69) is 9.98 Å². The lowest BCUT2D eigenvalue weighted by atomic mass is 10.3. The second kappa shape index (κ2) is 8.11. The SMILES string of the molecule is CC.CC.CC1=NC(=O)N=C1C. The molecule has 0 saturated carbocycles. The summed E-state index contributed by atoms with van der Waals surface area (Å²) in [6.45, 7) is 11.5. The van der Waals surface area contributed by atoms with E-state index in [4.69, 9.17) is 0 Å². The Morgan fingerprint density at radius 1 is 0.833 bits per heavy atom. The average molecular weight is 170 g/mol. The molecule has 3 nitrogen and oxygen atoms in total. The van der Waals surface area contributed by atoms with Gasteiger partial charge in [-0.25, -0.2) is 4.79 Å². The summed E-state index contributed by atoms with van der Waals surface area (Å²) in [6, 6.07) is -0.375. The molecule has 70 valence electrons. The van der Waals surface area contributed by atoms with Crippen molar-refractivity contribution in [3.63, 3.8) is 0 Å². The number of rotatable bonds is 0. The van der Waals surface area contributed by atoms with Gasteiger partial charge in [0, 0.05) is 0 Å². The molecule has 0 spiro atoms. The monoisotopic (exact) mass is 170 g/mol. The molecule has 2 amide bonds. The van der Waals surface area contributed by atoms with E-state index in [-0.39, 0.29) is 6.03 Å². The van der Waals surface area contributed by atoms with Crippen LogP contribution in [0.15, 0.2) is 9.98 Å². The molecule has 0 saturated heterocycles. The lowest BCUT2D eigenvalue weighted by Gasteiger charge is -1.80. The van der Waals surface area contributed by atoms with E-state index in [1.165, 1.54) is 0 Å². The number of urea groups is 1. The minimum Gasteiger partial charge on any atom is -0.244 e. The molecule has 3 heteroatoms. The highest BCUT2D eigenvalue weighted by Gasteiger charge is 2.08. The molecule has 0 aromatic heterocycles. The molecule has 0 bridgehead atoms. The largest absolute Gasteiger partial charge is 0.367 e. The van der Waals surface area contributed by atoms with Gasteiger partial charge in [0.25, 0.3) is 0 Å². The van der Waals surface area contributed by atoms with Gasteiger partial charge in [-0.1, -0.05) is 27.7 Å². The molecule has 0 aliphatic carbocycles. The molecule has 0 radical (unpaired) electrons. The van der Waals surface area contributed by atoms with Gasteiger partial charge in [-0.05, 0) is 13.8 Å². The van der Waals surface area contributed by atoms with Crippen molar-refractivity contribution in [2.75, 3.05) is 0 Å². The van der Waals surface area contributed by atoms with E-state index in [0.717, 1.165) is 11.4 Å². The molecule has 1 rings (SSSR count). The zero-order valence-electron chi connectivity index (χ0n) is 8.80. The summed E-state index contributed by atoms with van der Waals surface area (Å²) in [5.74, 6) is 0. The molecule has 0 aromatic carbocycles. The van der Waals surface area contributed by atoms with Gasteiger partial charge in [-0.2, -0.15) is 9.98 Å². The topological polar surface area (TPSA) is 41.8 Å². The summed E-state index contributed by atoms with van der Waals surface area (Å²) in [6.07, 6.45) is 0. The zero-order chi connectivity index (χ0) is 10.1. The summed E-state index contributed by atoms with van der Waals surface area (Å²) < 4.78 is 0. The maximum Gasteiger partial charge on any atom is 0.367 e. The molecule has 1 aliphatic heterocycles. The van der Waals surface area contributed by atoms with Gasteiger partial charge in [0.05, 0.1) is 11.4 Å². The highest BCUT2D eigenvalue weighted by atomic mass is 16.2. The van der Waals surface area contributed by atoms with Gasteiger partial charge in [0.1, 0.15) is 0 Å². The van der Waals surface area contributed by atoms with Crippen LogP contribution in [0.1, 0.15) is 41.5 Å². The molecule has 0 fully saturated rings. The molecule has 0 unspecified atom stereocenters. The average Bonchev–Trinajstić information content (AvgIpc) is 2.37. The first-order valence-corrected chi connectivity index (χ1v) is 4.35. The zero-order valence-corrected chi connectivity index (χ0v) is 8.80. The van der Waals surface area contributed by atoms with Crippen molar-refractivity contribution in [3.05, 3.63) is 0 Å². The van der Waals surface area contributed by atoms with Gasteiger partial charge in [0.15, 0.2) is 0 Å². The van der Waals surface area contributed by atoms with E-state index >= 15 is 0 Å². The number of amides is 2. The standard InChI is InChI=1S/C5H6N2O.2C2H6/c1-3-4(2)7-5(8)6-3;2*1-2/h1-2H3;2*1-2H3. The smallest absolute Gasteiger partial charge is 0.244 e. The predicted octanol–water partition coefficient (Wildman–Crippen LogP) is 3.09. The van der Waals surface area contributed by atoms with Gasteiger partial charge >= 0.3 is 6.03 Å². The number of hydrogen-bond donors (Lipinski definition) is 0. The highest BCUT2D eigenvalue weighted by molar-refractivity contribution is 6.46. The molecule has 0 N–H and O–H groups in total. The Kier molecular flexibility index (Phi) is 9.18. The second-order valence-corrected chi connectivity index (χ2v) is 1.68. The minimum atomic E-state index is -0.375. The second-order valence-electron chi connectivity index (χ2n) is 1.68. The number of carbonyl (C=O) groups is 1.